The van der Waals surface area contributed by atoms with Crippen LogP contribution in [0.5, 0.6) is 0 Å². The van der Waals surface area contributed by atoms with Gasteiger partial charge in [0.1, 0.15) is 11.5 Å². The third-order valence-corrected chi connectivity index (χ3v) is 4.63. The third kappa shape index (κ3) is 3.33. The van der Waals surface area contributed by atoms with Gasteiger partial charge in [-0.05, 0) is 36.4 Å². The summed E-state index contributed by atoms with van der Waals surface area (Å²) in [6.45, 7) is 0. The van der Waals surface area contributed by atoms with Crippen LogP contribution in [0.2, 0.25) is 0 Å². The Morgan fingerprint density at radius 3 is 2.69 bits per heavy atom. The minimum atomic E-state index is -0.954. The van der Waals surface area contributed by atoms with Gasteiger partial charge in [-0.3, -0.25) is 5.43 Å². The topological polar surface area (TPSA) is 87.7 Å². The van der Waals surface area contributed by atoms with E-state index < -0.39 is 5.97 Å². The number of hydrogen-bond donors (Lipinski definition) is 2. The zero-order valence-corrected chi connectivity index (χ0v) is 14.2. The Labute approximate surface area is 152 Å². The molecule has 0 radical (unpaired) electrons. The van der Waals surface area contributed by atoms with Gasteiger partial charge in [-0.15, -0.1) is 0 Å². The summed E-state index contributed by atoms with van der Waals surface area (Å²) in [7, 11) is 0. The number of benzene rings is 2. The average molecular weight is 363 g/mol. The number of nitrogens with zero attached hydrogens (tertiary/aromatic N) is 2. The van der Waals surface area contributed by atoms with E-state index in [-0.39, 0.29) is 5.56 Å². The van der Waals surface area contributed by atoms with Crippen LogP contribution in [0.25, 0.3) is 21.5 Å². The number of rotatable bonds is 5. The second-order valence-electron chi connectivity index (χ2n) is 5.44. The number of thiazole rings is 1. The SMILES string of the molecule is O=C(O)c1ccc(-c2ccc(/C=N\Nc3nc4ccccc4s3)o2)cc1. The normalized spacial score (nSPS) is 11.2. The molecule has 0 aliphatic heterocycles. The fourth-order valence-corrected chi connectivity index (χ4v) is 3.24. The monoisotopic (exact) mass is 363 g/mol. The predicted molar refractivity (Wildman–Crippen MR) is 102 cm³/mol. The van der Waals surface area contributed by atoms with E-state index in [9.17, 15) is 4.79 Å². The van der Waals surface area contributed by atoms with E-state index in [2.05, 4.69) is 15.5 Å². The van der Waals surface area contributed by atoms with E-state index in [1.807, 2.05) is 30.3 Å². The first-order valence-corrected chi connectivity index (χ1v) is 8.59. The van der Waals surface area contributed by atoms with Gasteiger partial charge in [-0.25, -0.2) is 9.78 Å². The van der Waals surface area contributed by atoms with Crippen molar-refractivity contribution in [1.29, 1.82) is 0 Å². The minimum Gasteiger partial charge on any atom is -0.478 e. The summed E-state index contributed by atoms with van der Waals surface area (Å²) in [5.41, 5.74) is 4.87. The molecule has 4 aromatic rings. The Balaban J connectivity index is 1.45. The molecule has 0 unspecified atom stereocenters. The number of hydrogen-bond acceptors (Lipinski definition) is 6. The summed E-state index contributed by atoms with van der Waals surface area (Å²) in [5, 5.41) is 13.8. The van der Waals surface area contributed by atoms with Crippen LogP contribution < -0.4 is 5.43 Å². The van der Waals surface area contributed by atoms with Crippen LogP contribution in [0.3, 0.4) is 0 Å². The maximum Gasteiger partial charge on any atom is 0.335 e. The summed E-state index contributed by atoms with van der Waals surface area (Å²) < 4.78 is 6.81. The van der Waals surface area contributed by atoms with Gasteiger partial charge in [0.25, 0.3) is 0 Å². The van der Waals surface area contributed by atoms with Crippen LogP contribution in [0.4, 0.5) is 5.13 Å². The molecule has 2 heterocycles. The van der Waals surface area contributed by atoms with Crippen LogP contribution >= 0.6 is 11.3 Å². The molecular formula is C19H13N3O3S. The van der Waals surface area contributed by atoms with Crippen molar-refractivity contribution in [2.24, 2.45) is 5.10 Å². The molecule has 6 nitrogen and oxygen atoms in total. The van der Waals surface area contributed by atoms with E-state index in [1.54, 1.807) is 36.5 Å². The maximum absolute atomic E-state index is 10.9. The minimum absolute atomic E-state index is 0.238. The van der Waals surface area contributed by atoms with Crippen molar-refractivity contribution in [2.45, 2.75) is 0 Å². The molecule has 0 amide bonds. The number of para-hydroxylation sites is 1. The molecule has 0 fully saturated rings. The summed E-state index contributed by atoms with van der Waals surface area (Å²) >= 11 is 1.52. The highest BCUT2D eigenvalue weighted by atomic mass is 32.1. The van der Waals surface area contributed by atoms with Gasteiger partial charge in [-0.2, -0.15) is 5.10 Å². The molecule has 26 heavy (non-hydrogen) atoms. The smallest absolute Gasteiger partial charge is 0.335 e. The van der Waals surface area contributed by atoms with Crippen LogP contribution in [0.15, 0.2) is 70.2 Å². The largest absolute Gasteiger partial charge is 0.478 e. The number of nitrogens with one attached hydrogen (secondary N) is 1. The number of carboxylic acid groups (broad SMARTS) is 1. The number of anilines is 1. The van der Waals surface area contributed by atoms with Crippen LogP contribution in [0.1, 0.15) is 16.1 Å². The molecule has 0 atom stereocenters. The fraction of sp³-hybridized carbons (Fsp3) is 0. The molecule has 0 saturated carbocycles. The molecule has 0 bridgehead atoms. The first-order valence-electron chi connectivity index (χ1n) is 7.77. The van der Waals surface area contributed by atoms with Crippen LogP contribution in [-0.4, -0.2) is 22.3 Å². The molecule has 0 aliphatic rings. The molecule has 2 aromatic carbocycles. The Morgan fingerprint density at radius 2 is 1.92 bits per heavy atom. The van der Waals surface area contributed by atoms with E-state index in [0.717, 1.165) is 15.8 Å². The summed E-state index contributed by atoms with van der Waals surface area (Å²) in [4.78, 5) is 15.3. The lowest BCUT2D eigenvalue weighted by molar-refractivity contribution is 0.0697. The second kappa shape index (κ2) is 6.81. The van der Waals surface area contributed by atoms with Gasteiger partial charge in [0.2, 0.25) is 5.13 Å². The van der Waals surface area contributed by atoms with Gasteiger partial charge in [0.05, 0.1) is 22.0 Å². The number of aromatic nitrogens is 1. The van der Waals surface area contributed by atoms with Crippen molar-refractivity contribution in [3.8, 4) is 11.3 Å². The van der Waals surface area contributed by atoms with Crippen LogP contribution in [0, 0.1) is 0 Å². The zero-order valence-electron chi connectivity index (χ0n) is 13.4. The number of hydrazone groups is 1. The summed E-state index contributed by atoms with van der Waals surface area (Å²) in [5.74, 6) is 0.268. The van der Waals surface area contributed by atoms with Gasteiger partial charge in [0.15, 0.2) is 0 Å². The van der Waals surface area contributed by atoms with Gasteiger partial charge < -0.3 is 9.52 Å². The van der Waals surface area contributed by atoms with Gasteiger partial charge >= 0.3 is 5.97 Å². The molecule has 2 aromatic heterocycles. The maximum atomic E-state index is 10.9. The molecule has 0 spiro atoms. The van der Waals surface area contributed by atoms with Crippen molar-refractivity contribution in [2.75, 3.05) is 5.43 Å². The third-order valence-electron chi connectivity index (χ3n) is 3.69. The molecule has 2 N–H and O–H groups in total. The quantitative estimate of drug-likeness (QED) is 0.396. The van der Waals surface area contributed by atoms with Gasteiger partial charge in [-0.1, -0.05) is 35.6 Å². The van der Waals surface area contributed by atoms with Crippen molar-refractivity contribution < 1.29 is 14.3 Å². The second-order valence-corrected chi connectivity index (χ2v) is 6.47. The number of carboxylic acids is 1. The summed E-state index contributed by atoms with van der Waals surface area (Å²) in [6, 6.07) is 18.0. The van der Waals surface area contributed by atoms with Gasteiger partial charge in [0, 0.05) is 5.56 Å². The highest BCUT2D eigenvalue weighted by molar-refractivity contribution is 7.22. The van der Waals surface area contributed by atoms with Crippen LogP contribution in [-0.2, 0) is 0 Å². The van der Waals surface area contributed by atoms with Crippen molar-refractivity contribution in [3.63, 3.8) is 0 Å². The zero-order chi connectivity index (χ0) is 17.9. The Bertz CT molecular complexity index is 1060. The lowest BCUT2D eigenvalue weighted by Crippen LogP contribution is -1.94. The number of aromatic carboxylic acids is 1. The lowest BCUT2D eigenvalue weighted by Gasteiger charge is -1.98. The highest BCUT2D eigenvalue weighted by Gasteiger charge is 2.06. The Morgan fingerprint density at radius 1 is 1.12 bits per heavy atom. The Kier molecular flexibility index (Phi) is 4.20. The molecule has 4 rings (SSSR count). The lowest BCUT2D eigenvalue weighted by atomic mass is 10.1. The first kappa shape index (κ1) is 16.0. The number of fused-ring (bicyclic) bond motifs is 1. The molecule has 0 saturated heterocycles. The van der Waals surface area contributed by atoms with Crippen molar-refractivity contribution in [1.82, 2.24) is 4.98 Å². The number of carbonyl (C=O) groups is 1. The number of furan rings is 1. The Hall–Kier alpha value is -3.45. The highest BCUT2D eigenvalue weighted by Crippen LogP contribution is 2.25. The first-order chi connectivity index (χ1) is 12.7. The molecular weight excluding hydrogens is 350 g/mol. The molecule has 0 aliphatic carbocycles. The standard InChI is InChI=1S/C19H13N3O3S/c23-18(24)13-7-5-12(6-8-13)16-10-9-14(25-16)11-20-22-19-21-15-3-1-2-4-17(15)26-19/h1-11H,(H,21,22)(H,23,24)/b20-11-. The van der Waals surface area contributed by atoms with E-state index in [1.165, 1.54) is 11.3 Å². The van der Waals surface area contributed by atoms with E-state index >= 15 is 0 Å². The predicted octanol–water partition coefficient (Wildman–Crippen LogP) is 4.70. The van der Waals surface area contributed by atoms with E-state index in [0.29, 0.717) is 16.7 Å². The molecule has 128 valence electrons. The fourth-order valence-electron chi connectivity index (χ4n) is 2.43. The molecule has 7 heteroatoms. The summed E-state index contributed by atoms with van der Waals surface area (Å²) in [6.07, 6.45) is 1.57. The average Bonchev–Trinajstić information content (AvgIpc) is 3.28. The van der Waals surface area contributed by atoms with E-state index in [4.69, 9.17) is 9.52 Å². The van der Waals surface area contributed by atoms with Crippen molar-refractivity contribution in [3.05, 3.63) is 72.0 Å². The van der Waals surface area contributed by atoms with Crippen molar-refractivity contribution >= 4 is 38.9 Å².